The fraction of sp³-hybridized carbons (Fsp3) is 0.381. The van der Waals surface area contributed by atoms with Crippen LogP contribution in [0.15, 0.2) is 42.5 Å². The van der Waals surface area contributed by atoms with Crippen molar-refractivity contribution in [3.05, 3.63) is 59.4 Å². The first-order valence-corrected chi connectivity index (χ1v) is 8.96. The van der Waals surface area contributed by atoms with Crippen LogP contribution in [0.3, 0.4) is 0 Å². The third kappa shape index (κ3) is 5.96. The van der Waals surface area contributed by atoms with Gasteiger partial charge in [-0.05, 0) is 56.3 Å². The Kier molecular flexibility index (Phi) is 7.61. The summed E-state index contributed by atoms with van der Waals surface area (Å²) in [6, 6.07) is 11.5. The molecule has 146 valence electrons. The highest BCUT2D eigenvalue weighted by molar-refractivity contribution is 5.81. The van der Waals surface area contributed by atoms with Gasteiger partial charge in [0.25, 0.3) is 0 Å². The van der Waals surface area contributed by atoms with Crippen molar-refractivity contribution < 1.29 is 18.7 Å². The summed E-state index contributed by atoms with van der Waals surface area (Å²) in [4.78, 5) is 14.4. The largest absolute Gasteiger partial charge is 0.493 e. The Labute approximate surface area is 160 Å². The van der Waals surface area contributed by atoms with Crippen molar-refractivity contribution in [2.24, 2.45) is 0 Å². The SMILES string of the molecule is CCOc1ccc(CN(C)[C@H](C)C(=O)NCc2ccc(F)cc2)cc1OC. The maximum atomic E-state index is 12.9. The van der Waals surface area contributed by atoms with Crippen molar-refractivity contribution in [2.45, 2.75) is 33.0 Å². The summed E-state index contributed by atoms with van der Waals surface area (Å²) in [5, 5.41) is 2.89. The highest BCUT2D eigenvalue weighted by Crippen LogP contribution is 2.28. The molecular formula is C21H27FN2O3. The molecule has 0 heterocycles. The molecule has 5 nitrogen and oxygen atoms in total. The third-order valence-corrected chi connectivity index (χ3v) is 4.38. The molecule has 2 aromatic rings. The van der Waals surface area contributed by atoms with E-state index in [4.69, 9.17) is 9.47 Å². The van der Waals surface area contributed by atoms with Crippen LogP contribution in [-0.2, 0) is 17.9 Å². The standard InChI is InChI=1S/C21H27FN2O3/c1-5-27-19-11-8-17(12-20(19)26-4)14-24(3)15(2)21(25)23-13-16-6-9-18(22)10-7-16/h6-12,15H,5,13-14H2,1-4H3,(H,23,25)/t15-/m1/s1. The number of amides is 1. The van der Waals surface area contributed by atoms with Gasteiger partial charge in [-0.15, -0.1) is 0 Å². The van der Waals surface area contributed by atoms with Gasteiger partial charge in [0.05, 0.1) is 19.8 Å². The van der Waals surface area contributed by atoms with E-state index in [1.807, 2.05) is 44.0 Å². The second-order valence-corrected chi connectivity index (χ2v) is 6.35. The number of benzene rings is 2. The van der Waals surface area contributed by atoms with E-state index >= 15 is 0 Å². The van der Waals surface area contributed by atoms with Gasteiger partial charge in [0.2, 0.25) is 5.91 Å². The first kappa shape index (κ1) is 20.7. The Balaban J connectivity index is 1.92. The lowest BCUT2D eigenvalue weighted by Gasteiger charge is -2.24. The molecule has 1 atom stereocenters. The van der Waals surface area contributed by atoms with Gasteiger partial charge in [-0.25, -0.2) is 4.39 Å². The second kappa shape index (κ2) is 9.92. The average Bonchev–Trinajstić information content (AvgIpc) is 2.67. The predicted octanol–water partition coefficient (Wildman–Crippen LogP) is 3.37. The monoisotopic (exact) mass is 374 g/mol. The molecule has 1 N–H and O–H groups in total. The van der Waals surface area contributed by atoms with Crippen LogP contribution in [0, 0.1) is 5.82 Å². The molecule has 0 fully saturated rings. The number of likely N-dealkylation sites (N-methyl/N-ethyl adjacent to an activating group) is 1. The Bertz CT molecular complexity index is 750. The van der Waals surface area contributed by atoms with E-state index in [0.717, 1.165) is 11.1 Å². The molecule has 0 radical (unpaired) electrons. The molecule has 0 saturated heterocycles. The summed E-state index contributed by atoms with van der Waals surface area (Å²) >= 11 is 0. The van der Waals surface area contributed by atoms with Crippen molar-refractivity contribution in [1.82, 2.24) is 10.2 Å². The summed E-state index contributed by atoms with van der Waals surface area (Å²) in [6.07, 6.45) is 0. The molecule has 27 heavy (non-hydrogen) atoms. The number of rotatable bonds is 9. The molecule has 6 heteroatoms. The number of nitrogens with one attached hydrogen (secondary N) is 1. The van der Waals surface area contributed by atoms with Crippen LogP contribution >= 0.6 is 0 Å². The zero-order valence-corrected chi connectivity index (χ0v) is 16.3. The van der Waals surface area contributed by atoms with Gasteiger partial charge in [-0.3, -0.25) is 9.69 Å². The minimum absolute atomic E-state index is 0.0836. The summed E-state index contributed by atoms with van der Waals surface area (Å²) < 4.78 is 23.8. The lowest BCUT2D eigenvalue weighted by molar-refractivity contribution is -0.125. The van der Waals surface area contributed by atoms with E-state index in [1.54, 1.807) is 19.2 Å². The lowest BCUT2D eigenvalue weighted by atomic mass is 10.1. The molecule has 2 rings (SSSR count). The van der Waals surface area contributed by atoms with E-state index in [-0.39, 0.29) is 17.8 Å². The number of ether oxygens (including phenoxy) is 2. The molecule has 0 spiro atoms. The number of carbonyl (C=O) groups excluding carboxylic acids is 1. The zero-order valence-electron chi connectivity index (χ0n) is 16.3. The molecule has 0 aromatic heterocycles. The number of nitrogens with zero attached hydrogens (tertiary/aromatic N) is 1. The molecule has 0 bridgehead atoms. The minimum Gasteiger partial charge on any atom is -0.493 e. The Hall–Kier alpha value is -2.60. The first-order chi connectivity index (χ1) is 12.9. The zero-order chi connectivity index (χ0) is 19.8. The van der Waals surface area contributed by atoms with E-state index in [2.05, 4.69) is 5.32 Å². The molecular weight excluding hydrogens is 347 g/mol. The summed E-state index contributed by atoms with van der Waals surface area (Å²) in [5.74, 6) is 1.01. The van der Waals surface area contributed by atoms with Crippen molar-refractivity contribution in [3.8, 4) is 11.5 Å². The van der Waals surface area contributed by atoms with Crippen LogP contribution in [0.4, 0.5) is 4.39 Å². The van der Waals surface area contributed by atoms with Crippen LogP contribution in [0.25, 0.3) is 0 Å². The normalized spacial score (nSPS) is 11.9. The maximum absolute atomic E-state index is 12.9. The number of hydrogen-bond donors (Lipinski definition) is 1. The summed E-state index contributed by atoms with van der Waals surface area (Å²) in [5.41, 5.74) is 1.88. The van der Waals surface area contributed by atoms with Crippen LogP contribution in [-0.4, -0.2) is 37.6 Å². The number of carbonyl (C=O) groups is 1. The molecule has 1 amide bonds. The van der Waals surface area contributed by atoms with Gasteiger partial charge < -0.3 is 14.8 Å². The first-order valence-electron chi connectivity index (χ1n) is 8.96. The fourth-order valence-electron chi connectivity index (χ4n) is 2.65. The Morgan fingerprint density at radius 2 is 1.81 bits per heavy atom. The minimum atomic E-state index is -0.317. The van der Waals surface area contributed by atoms with E-state index in [0.29, 0.717) is 31.2 Å². The molecule has 0 aliphatic carbocycles. The second-order valence-electron chi connectivity index (χ2n) is 6.35. The summed E-state index contributed by atoms with van der Waals surface area (Å²) in [7, 11) is 3.50. The van der Waals surface area contributed by atoms with Gasteiger partial charge in [0.1, 0.15) is 5.82 Å². The smallest absolute Gasteiger partial charge is 0.237 e. The van der Waals surface area contributed by atoms with Crippen LogP contribution in [0.2, 0.25) is 0 Å². The lowest BCUT2D eigenvalue weighted by Crippen LogP contribution is -2.42. The van der Waals surface area contributed by atoms with Crippen molar-refractivity contribution in [3.63, 3.8) is 0 Å². The quantitative estimate of drug-likeness (QED) is 0.731. The van der Waals surface area contributed by atoms with Crippen molar-refractivity contribution in [1.29, 1.82) is 0 Å². The van der Waals surface area contributed by atoms with Crippen LogP contribution in [0.1, 0.15) is 25.0 Å². The fourth-order valence-corrected chi connectivity index (χ4v) is 2.65. The highest BCUT2D eigenvalue weighted by atomic mass is 19.1. The van der Waals surface area contributed by atoms with E-state index in [1.165, 1.54) is 12.1 Å². The van der Waals surface area contributed by atoms with Crippen LogP contribution < -0.4 is 14.8 Å². The molecule has 0 aliphatic rings. The number of methoxy groups -OCH3 is 1. The maximum Gasteiger partial charge on any atom is 0.237 e. The topological polar surface area (TPSA) is 50.8 Å². The van der Waals surface area contributed by atoms with Gasteiger partial charge in [-0.2, -0.15) is 0 Å². The molecule has 2 aromatic carbocycles. The van der Waals surface area contributed by atoms with Crippen molar-refractivity contribution >= 4 is 5.91 Å². The van der Waals surface area contributed by atoms with Crippen LogP contribution in [0.5, 0.6) is 11.5 Å². The molecule has 0 saturated carbocycles. The number of halogens is 1. The predicted molar refractivity (Wildman–Crippen MR) is 103 cm³/mol. The number of hydrogen-bond acceptors (Lipinski definition) is 4. The van der Waals surface area contributed by atoms with Crippen molar-refractivity contribution in [2.75, 3.05) is 20.8 Å². The Morgan fingerprint density at radius 3 is 2.44 bits per heavy atom. The van der Waals surface area contributed by atoms with E-state index in [9.17, 15) is 9.18 Å². The van der Waals surface area contributed by atoms with Gasteiger partial charge >= 0.3 is 0 Å². The third-order valence-electron chi connectivity index (χ3n) is 4.38. The van der Waals surface area contributed by atoms with Gasteiger partial charge in [-0.1, -0.05) is 18.2 Å². The van der Waals surface area contributed by atoms with Gasteiger partial charge in [0.15, 0.2) is 11.5 Å². The highest BCUT2D eigenvalue weighted by Gasteiger charge is 2.18. The summed E-state index contributed by atoms with van der Waals surface area (Å²) in [6.45, 7) is 5.31. The van der Waals surface area contributed by atoms with E-state index < -0.39 is 0 Å². The Morgan fingerprint density at radius 1 is 1.15 bits per heavy atom. The average molecular weight is 374 g/mol. The molecule has 0 unspecified atom stereocenters. The molecule has 0 aliphatic heterocycles. The van der Waals surface area contributed by atoms with Gasteiger partial charge in [0, 0.05) is 13.1 Å².